The number of nitrogens with zero attached hydrogens (tertiary/aromatic N) is 5. The van der Waals surface area contributed by atoms with Gasteiger partial charge in [-0.3, -0.25) is 0 Å². The van der Waals surface area contributed by atoms with Gasteiger partial charge in [-0.05, 0) is 0 Å². The number of rotatable bonds is 5. The minimum Gasteiger partial charge on any atom is -0.496 e. The normalized spacial score (nSPS) is 10.1. The third kappa shape index (κ3) is 3.19. The number of nitrogens with one attached hydrogen (secondary N) is 1. The maximum Gasteiger partial charge on any atom is 0.249 e. The first kappa shape index (κ1) is 15.8. The van der Waals surface area contributed by atoms with Crippen molar-refractivity contribution in [1.29, 1.82) is 10.5 Å². The molecule has 0 saturated heterocycles. The number of aromatic nitrogens is 2. The molecule has 1 aromatic heterocycles. The Labute approximate surface area is 131 Å². The van der Waals surface area contributed by atoms with Gasteiger partial charge in [0.1, 0.15) is 17.9 Å². The first-order valence-electron chi connectivity index (χ1n) is 6.28. The van der Waals surface area contributed by atoms with Crippen molar-refractivity contribution < 1.29 is 14.2 Å². The molecule has 0 aliphatic heterocycles. The van der Waals surface area contributed by atoms with Gasteiger partial charge in [0.05, 0.1) is 21.3 Å². The zero-order valence-corrected chi connectivity index (χ0v) is 12.6. The van der Waals surface area contributed by atoms with E-state index in [2.05, 4.69) is 20.2 Å². The van der Waals surface area contributed by atoms with Crippen LogP contribution in [-0.4, -0.2) is 31.3 Å². The molecule has 23 heavy (non-hydrogen) atoms. The van der Waals surface area contributed by atoms with Crippen LogP contribution in [0.2, 0.25) is 0 Å². The Morgan fingerprint density at radius 3 is 2.09 bits per heavy atom. The highest BCUT2D eigenvalue weighted by molar-refractivity contribution is 5.65. The van der Waals surface area contributed by atoms with Gasteiger partial charge in [-0.1, -0.05) is 0 Å². The predicted molar refractivity (Wildman–Crippen MR) is 78.3 cm³/mol. The molecule has 0 unspecified atom stereocenters. The average molecular weight is 312 g/mol. The molecule has 0 radical (unpaired) electrons. The van der Waals surface area contributed by atoms with Crippen LogP contribution in [0.3, 0.4) is 0 Å². The average Bonchev–Trinajstić information content (AvgIpc) is 3.01. The number of H-pyrrole nitrogens is 1. The molecule has 1 N–H and O–H groups in total. The molecule has 0 atom stereocenters. The van der Waals surface area contributed by atoms with Crippen LogP contribution in [0.15, 0.2) is 22.4 Å². The summed E-state index contributed by atoms with van der Waals surface area (Å²) in [5, 5.41) is 25.6. The van der Waals surface area contributed by atoms with Gasteiger partial charge >= 0.3 is 0 Å². The van der Waals surface area contributed by atoms with E-state index >= 15 is 0 Å². The lowest BCUT2D eigenvalue weighted by Gasteiger charge is -2.10. The van der Waals surface area contributed by atoms with Gasteiger partial charge in [0.15, 0.2) is 28.6 Å². The minimum atomic E-state index is -0.0462. The third-order valence-corrected chi connectivity index (χ3v) is 2.84. The molecule has 1 aromatic carbocycles. The summed E-state index contributed by atoms with van der Waals surface area (Å²) in [5.41, 5.74) is 0.300. The fourth-order valence-corrected chi connectivity index (χ4v) is 1.75. The molecule has 0 fully saturated rings. The van der Waals surface area contributed by atoms with E-state index in [0.717, 1.165) is 0 Å². The monoisotopic (exact) mass is 312 g/mol. The minimum absolute atomic E-state index is 0.0233. The van der Waals surface area contributed by atoms with Crippen LogP contribution < -0.4 is 14.2 Å². The number of hydrogen-bond acceptors (Lipinski definition) is 8. The summed E-state index contributed by atoms with van der Waals surface area (Å²) in [7, 11) is 4.47. The molecule has 116 valence electrons. The fraction of sp³-hybridized carbons (Fsp3) is 0.214. The number of ether oxygens (including phenoxy) is 3. The summed E-state index contributed by atoms with van der Waals surface area (Å²) >= 11 is 0. The van der Waals surface area contributed by atoms with Crippen LogP contribution in [0.4, 0.5) is 11.6 Å². The first-order chi connectivity index (χ1) is 11.2. The second-order valence-corrected chi connectivity index (χ2v) is 4.09. The lowest BCUT2D eigenvalue weighted by Crippen LogP contribution is -1.91. The van der Waals surface area contributed by atoms with E-state index in [1.807, 2.05) is 6.07 Å². The number of benzene rings is 1. The molecular weight excluding hydrogens is 300 g/mol. The highest BCUT2D eigenvalue weighted by Gasteiger charge is 2.14. The van der Waals surface area contributed by atoms with Crippen molar-refractivity contribution in [2.24, 2.45) is 10.2 Å². The molecule has 0 amide bonds. The van der Waals surface area contributed by atoms with Crippen molar-refractivity contribution in [3.8, 4) is 29.4 Å². The lowest BCUT2D eigenvalue weighted by atomic mass is 10.2. The smallest absolute Gasteiger partial charge is 0.249 e. The highest BCUT2D eigenvalue weighted by Crippen LogP contribution is 2.41. The number of nitriles is 2. The van der Waals surface area contributed by atoms with E-state index < -0.39 is 0 Å². The van der Waals surface area contributed by atoms with Crippen LogP contribution in [0.5, 0.6) is 17.2 Å². The Hall–Kier alpha value is -3.59. The lowest BCUT2D eigenvalue weighted by molar-refractivity contribution is 0.377. The Bertz CT molecular complexity index is 772. The van der Waals surface area contributed by atoms with Gasteiger partial charge in [0, 0.05) is 12.1 Å². The van der Waals surface area contributed by atoms with Crippen molar-refractivity contribution in [3.05, 3.63) is 23.5 Å². The maximum absolute atomic E-state index is 8.87. The first-order valence-corrected chi connectivity index (χ1v) is 6.28. The van der Waals surface area contributed by atoms with Crippen LogP contribution in [-0.2, 0) is 0 Å². The highest BCUT2D eigenvalue weighted by atomic mass is 16.5. The van der Waals surface area contributed by atoms with Gasteiger partial charge in [-0.25, -0.2) is 0 Å². The van der Waals surface area contributed by atoms with Crippen LogP contribution in [0, 0.1) is 22.7 Å². The molecule has 9 nitrogen and oxygen atoms in total. The predicted octanol–water partition coefficient (Wildman–Crippen LogP) is 2.59. The van der Waals surface area contributed by atoms with Gasteiger partial charge < -0.3 is 19.2 Å². The second-order valence-electron chi connectivity index (χ2n) is 4.09. The summed E-state index contributed by atoms with van der Waals surface area (Å²) in [4.78, 5) is 6.44. The van der Waals surface area contributed by atoms with E-state index in [1.165, 1.54) is 21.3 Å². The van der Waals surface area contributed by atoms with Crippen molar-refractivity contribution in [2.45, 2.75) is 0 Å². The molecule has 0 bridgehead atoms. The van der Waals surface area contributed by atoms with E-state index in [-0.39, 0.29) is 17.3 Å². The molecule has 0 saturated carbocycles. The fourth-order valence-electron chi connectivity index (χ4n) is 1.75. The summed E-state index contributed by atoms with van der Waals surface area (Å²) in [6.07, 6.45) is 0. The van der Waals surface area contributed by atoms with Gasteiger partial charge in [-0.15, -0.1) is 10.2 Å². The van der Waals surface area contributed by atoms with Crippen LogP contribution in [0.1, 0.15) is 11.4 Å². The van der Waals surface area contributed by atoms with E-state index in [9.17, 15) is 0 Å². The van der Waals surface area contributed by atoms with Crippen LogP contribution in [0.25, 0.3) is 0 Å². The zero-order valence-electron chi connectivity index (χ0n) is 12.6. The molecule has 9 heteroatoms. The number of methoxy groups -OCH3 is 3. The molecule has 0 aliphatic carbocycles. The van der Waals surface area contributed by atoms with E-state index in [0.29, 0.717) is 22.9 Å². The molecular formula is C14H12N6O3. The Kier molecular flexibility index (Phi) is 4.75. The third-order valence-electron chi connectivity index (χ3n) is 2.84. The second kappa shape index (κ2) is 6.91. The van der Waals surface area contributed by atoms with Crippen molar-refractivity contribution in [1.82, 2.24) is 9.97 Å². The summed E-state index contributed by atoms with van der Waals surface area (Å²) < 4.78 is 15.6. The summed E-state index contributed by atoms with van der Waals surface area (Å²) in [6, 6.07) is 6.86. The van der Waals surface area contributed by atoms with Crippen molar-refractivity contribution in [3.63, 3.8) is 0 Å². The maximum atomic E-state index is 8.87. The van der Waals surface area contributed by atoms with E-state index in [4.69, 9.17) is 24.7 Å². The largest absolute Gasteiger partial charge is 0.496 e. The molecule has 0 aliphatic rings. The van der Waals surface area contributed by atoms with Crippen LogP contribution >= 0.6 is 0 Å². The van der Waals surface area contributed by atoms with E-state index in [1.54, 1.807) is 18.2 Å². The van der Waals surface area contributed by atoms with Gasteiger partial charge in [0.2, 0.25) is 5.95 Å². The topological polar surface area (TPSA) is 129 Å². The Morgan fingerprint density at radius 1 is 1.00 bits per heavy atom. The summed E-state index contributed by atoms with van der Waals surface area (Å²) in [6.45, 7) is 0. The molecule has 0 spiro atoms. The Morgan fingerprint density at radius 2 is 1.65 bits per heavy atom. The SMILES string of the molecule is COc1cc(OC)c(N=Nc2nc(C#N)c(C#N)[nH]2)c(OC)c1. The number of azo groups is 1. The summed E-state index contributed by atoms with van der Waals surface area (Å²) in [5.74, 6) is 1.34. The Balaban J connectivity index is 2.45. The van der Waals surface area contributed by atoms with Gasteiger partial charge in [-0.2, -0.15) is 15.5 Å². The quantitative estimate of drug-likeness (QED) is 0.845. The van der Waals surface area contributed by atoms with Crippen molar-refractivity contribution >= 4 is 11.6 Å². The number of aromatic amines is 1. The molecule has 2 aromatic rings. The number of hydrogen-bond donors (Lipinski definition) is 1. The molecule has 1 heterocycles. The number of imidazole rings is 1. The standard InChI is InChI=1S/C14H12N6O3/c1-21-8-4-11(22-2)13(12(5-8)23-3)19-20-14-17-9(6-15)10(7-16)18-14/h4-5H,1-3H3,(H,17,18). The zero-order chi connectivity index (χ0) is 16.8. The van der Waals surface area contributed by atoms with Gasteiger partial charge in [0.25, 0.3) is 0 Å². The van der Waals surface area contributed by atoms with Crippen molar-refractivity contribution in [2.75, 3.05) is 21.3 Å². The molecule has 2 rings (SSSR count).